The Hall–Kier alpha value is -2.09. The van der Waals surface area contributed by atoms with E-state index in [1.807, 2.05) is 6.92 Å². The zero-order chi connectivity index (χ0) is 20.4. The molecule has 0 aromatic heterocycles. The number of hydrogen-bond acceptors (Lipinski definition) is 3. The molecule has 8 heteroatoms. The smallest absolute Gasteiger partial charge is 0.354 e. The summed E-state index contributed by atoms with van der Waals surface area (Å²) in [5.74, 6) is -0.755. The van der Waals surface area contributed by atoms with Gasteiger partial charge >= 0.3 is 6.18 Å². The molecule has 2 aliphatic rings. The molecule has 1 saturated heterocycles. The standard InChI is InChI=1S/C20H25F3N2O3/c1-2-12-24-17(26)16-13-28-19(10-4-3-5-11-19)25(16)18(27)14-6-8-15(9-7-14)20(21,22)23/h6-9,16H,2-5,10-13H2,1H3,(H,24,26)/t16-/m1/s1. The molecule has 1 spiro atoms. The summed E-state index contributed by atoms with van der Waals surface area (Å²) < 4.78 is 44.5. The van der Waals surface area contributed by atoms with Crippen molar-refractivity contribution in [2.75, 3.05) is 13.2 Å². The van der Waals surface area contributed by atoms with Gasteiger partial charge < -0.3 is 10.1 Å². The van der Waals surface area contributed by atoms with Crippen LogP contribution in [0.4, 0.5) is 13.2 Å². The summed E-state index contributed by atoms with van der Waals surface area (Å²) in [5, 5.41) is 2.80. The highest BCUT2D eigenvalue weighted by atomic mass is 19.4. The van der Waals surface area contributed by atoms with Gasteiger partial charge in [-0.05, 0) is 56.4 Å². The monoisotopic (exact) mass is 398 g/mol. The van der Waals surface area contributed by atoms with Gasteiger partial charge in [0.2, 0.25) is 5.91 Å². The molecule has 1 aliphatic heterocycles. The molecule has 1 heterocycles. The molecule has 28 heavy (non-hydrogen) atoms. The predicted octanol–water partition coefficient (Wildman–Crippen LogP) is 3.73. The van der Waals surface area contributed by atoms with Crippen LogP contribution in [0.3, 0.4) is 0 Å². The number of benzene rings is 1. The highest BCUT2D eigenvalue weighted by Gasteiger charge is 2.52. The molecule has 154 valence electrons. The van der Waals surface area contributed by atoms with E-state index in [4.69, 9.17) is 4.74 Å². The van der Waals surface area contributed by atoms with Crippen molar-refractivity contribution >= 4 is 11.8 Å². The predicted molar refractivity (Wildman–Crippen MR) is 96.5 cm³/mol. The van der Waals surface area contributed by atoms with E-state index in [0.29, 0.717) is 19.4 Å². The number of amides is 2. The number of carbonyl (C=O) groups excluding carboxylic acids is 2. The van der Waals surface area contributed by atoms with Crippen LogP contribution in [0.5, 0.6) is 0 Å². The molecule has 0 radical (unpaired) electrons. The first-order valence-electron chi connectivity index (χ1n) is 9.71. The average Bonchev–Trinajstić information content (AvgIpc) is 3.04. The first-order valence-corrected chi connectivity index (χ1v) is 9.71. The molecule has 1 saturated carbocycles. The number of nitrogens with zero attached hydrogens (tertiary/aromatic N) is 1. The highest BCUT2D eigenvalue weighted by Crippen LogP contribution is 2.41. The number of rotatable bonds is 4. The lowest BCUT2D eigenvalue weighted by molar-refractivity contribution is -0.137. The zero-order valence-electron chi connectivity index (χ0n) is 15.8. The lowest BCUT2D eigenvalue weighted by Crippen LogP contribution is -2.56. The van der Waals surface area contributed by atoms with Crippen LogP contribution in [0.1, 0.15) is 61.4 Å². The van der Waals surface area contributed by atoms with Crippen molar-refractivity contribution in [3.8, 4) is 0 Å². The van der Waals surface area contributed by atoms with Gasteiger partial charge in [-0.15, -0.1) is 0 Å². The Balaban J connectivity index is 1.89. The van der Waals surface area contributed by atoms with Gasteiger partial charge in [-0.1, -0.05) is 13.3 Å². The number of halogens is 3. The van der Waals surface area contributed by atoms with Gasteiger partial charge in [-0.25, -0.2) is 0 Å². The second kappa shape index (κ2) is 8.11. The Kier molecular flexibility index (Phi) is 5.98. The fraction of sp³-hybridized carbons (Fsp3) is 0.600. The van der Waals surface area contributed by atoms with E-state index in [2.05, 4.69) is 5.32 Å². The molecule has 3 rings (SSSR count). The minimum atomic E-state index is -4.47. The topological polar surface area (TPSA) is 58.6 Å². The quantitative estimate of drug-likeness (QED) is 0.841. The van der Waals surface area contributed by atoms with Crippen LogP contribution in [-0.4, -0.2) is 41.6 Å². The Morgan fingerprint density at radius 3 is 2.39 bits per heavy atom. The van der Waals surface area contributed by atoms with Gasteiger partial charge in [0.05, 0.1) is 12.2 Å². The molecule has 0 bridgehead atoms. The van der Waals surface area contributed by atoms with Crippen molar-refractivity contribution in [2.24, 2.45) is 0 Å². The first kappa shape index (κ1) is 20.6. The molecule has 2 amide bonds. The van der Waals surface area contributed by atoms with E-state index in [-0.39, 0.29) is 18.1 Å². The first-order chi connectivity index (χ1) is 13.3. The fourth-order valence-corrected chi connectivity index (χ4v) is 3.98. The Bertz CT molecular complexity index is 712. The van der Waals surface area contributed by atoms with Crippen molar-refractivity contribution < 1.29 is 27.5 Å². The largest absolute Gasteiger partial charge is 0.416 e. The fourth-order valence-electron chi connectivity index (χ4n) is 3.98. The molecular weight excluding hydrogens is 373 g/mol. The van der Waals surface area contributed by atoms with Crippen LogP contribution >= 0.6 is 0 Å². The summed E-state index contributed by atoms with van der Waals surface area (Å²) in [7, 11) is 0. The average molecular weight is 398 g/mol. The van der Waals surface area contributed by atoms with Crippen LogP contribution in [0, 0.1) is 0 Å². The third-order valence-electron chi connectivity index (χ3n) is 5.43. The second-order valence-electron chi connectivity index (χ2n) is 7.37. The van der Waals surface area contributed by atoms with Crippen molar-refractivity contribution in [1.29, 1.82) is 0 Å². The lowest BCUT2D eigenvalue weighted by Gasteiger charge is -2.41. The summed E-state index contributed by atoms with van der Waals surface area (Å²) in [6, 6.07) is 3.34. The van der Waals surface area contributed by atoms with Gasteiger partial charge in [0, 0.05) is 12.1 Å². The number of carbonyl (C=O) groups is 2. The molecule has 1 aromatic rings. The van der Waals surface area contributed by atoms with Crippen molar-refractivity contribution in [3.05, 3.63) is 35.4 Å². The summed E-state index contributed by atoms with van der Waals surface area (Å²) in [6.07, 6.45) is 0.316. The molecule has 1 atom stereocenters. The van der Waals surface area contributed by atoms with Gasteiger partial charge in [-0.2, -0.15) is 13.2 Å². The van der Waals surface area contributed by atoms with Crippen LogP contribution < -0.4 is 5.32 Å². The molecule has 1 N–H and O–H groups in total. The summed E-state index contributed by atoms with van der Waals surface area (Å²) in [4.78, 5) is 27.4. The Morgan fingerprint density at radius 1 is 1.18 bits per heavy atom. The van der Waals surface area contributed by atoms with Crippen LogP contribution in [0.2, 0.25) is 0 Å². The molecule has 0 unspecified atom stereocenters. The Labute approximate surface area is 162 Å². The maximum Gasteiger partial charge on any atom is 0.416 e. The molecule has 5 nitrogen and oxygen atoms in total. The van der Waals surface area contributed by atoms with E-state index in [1.54, 1.807) is 0 Å². The minimum Gasteiger partial charge on any atom is -0.354 e. The van der Waals surface area contributed by atoms with Crippen LogP contribution in [-0.2, 0) is 15.7 Å². The third-order valence-corrected chi connectivity index (χ3v) is 5.43. The second-order valence-corrected chi connectivity index (χ2v) is 7.37. The van der Waals surface area contributed by atoms with E-state index in [9.17, 15) is 22.8 Å². The van der Waals surface area contributed by atoms with Crippen LogP contribution in [0.25, 0.3) is 0 Å². The number of nitrogens with one attached hydrogen (secondary N) is 1. The number of ether oxygens (including phenoxy) is 1. The zero-order valence-corrected chi connectivity index (χ0v) is 15.8. The van der Waals surface area contributed by atoms with Gasteiger partial charge in [0.1, 0.15) is 11.8 Å². The van der Waals surface area contributed by atoms with Crippen molar-refractivity contribution in [2.45, 2.75) is 63.4 Å². The maximum atomic E-state index is 13.3. The molecular formula is C20H25F3N2O3. The molecule has 1 aromatic carbocycles. The minimum absolute atomic E-state index is 0.0991. The van der Waals surface area contributed by atoms with Gasteiger partial charge in [0.15, 0.2) is 0 Å². The van der Waals surface area contributed by atoms with E-state index in [1.165, 1.54) is 17.0 Å². The SMILES string of the molecule is CCCNC(=O)[C@H]1COC2(CCCCC2)N1C(=O)c1ccc(C(F)(F)F)cc1. The normalized spacial score (nSPS) is 21.7. The van der Waals surface area contributed by atoms with Crippen molar-refractivity contribution in [3.63, 3.8) is 0 Å². The summed E-state index contributed by atoms with van der Waals surface area (Å²) in [5.41, 5.74) is -1.55. The molecule has 2 fully saturated rings. The summed E-state index contributed by atoms with van der Waals surface area (Å²) in [6.45, 7) is 2.52. The van der Waals surface area contributed by atoms with Gasteiger partial charge in [-0.3, -0.25) is 14.5 Å². The maximum absolute atomic E-state index is 13.3. The van der Waals surface area contributed by atoms with E-state index >= 15 is 0 Å². The van der Waals surface area contributed by atoms with E-state index < -0.39 is 29.4 Å². The van der Waals surface area contributed by atoms with Crippen molar-refractivity contribution in [1.82, 2.24) is 10.2 Å². The lowest BCUT2D eigenvalue weighted by atomic mass is 9.89. The Morgan fingerprint density at radius 2 is 1.82 bits per heavy atom. The highest BCUT2D eigenvalue weighted by molar-refractivity contribution is 5.98. The summed E-state index contributed by atoms with van der Waals surface area (Å²) >= 11 is 0. The van der Waals surface area contributed by atoms with Gasteiger partial charge in [0.25, 0.3) is 5.91 Å². The van der Waals surface area contributed by atoms with E-state index in [0.717, 1.165) is 37.8 Å². The van der Waals surface area contributed by atoms with Crippen LogP contribution in [0.15, 0.2) is 24.3 Å². The number of alkyl halides is 3. The molecule has 1 aliphatic carbocycles. The number of hydrogen-bond donors (Lipinski definition) is 1. The third kappa shape index (κ3) is 4.01.